The number of rotatable bonds is 5. The second-order valence-corrected chi connectivity index (χ2v) is 6.32. The van der Waals surface area contributed by atoms with Crippen molar-refractivity contribution in [3.8, 4) is 17.3 Å². The van der Waals surface area contributed by atoms with Crippen molar-refractivity contribution in [1.29, 1.82) is 5.40 Å². The molecule has 0 unspecified atom stereocenters. The molecular weight excluding hydrogens is 359 g/mol. The number of nitrogens with one attached hydrogen (secondary N) is 2. The molecule has 1 heterocycles. The SMILES string of the molecule is [H]/N=C/Nc1cc(C)c(Oc2ccn(-c3ccc(Cl)c(Cl)c3)n2)cc1C. The number of aryl methyl sites for hydroxylation is 2. The fourth-order valence-electron chi connectivity index (χ4n) is 2.37. The number of halogens is 2. The first-order chi connectivity index (χ1) is 12.5. The summed E-state index contributed by atoms with van der Waals surface area (Å²) in [5.74, 6) is 1.17. The number of aromatic nitrogens is 2. The summed E-state index contributed by atoms with van der Waals surface area (Å²) in [6.07, 6.45) is 3.11. The first-order valence-electron chi connectivity index (χ1n) is 7.95. The maximum absolute atomic E-state index is 6.82. The summed E-state index contributed by atoms with van der Waals surface area (Å²) < 4.78 is 14.4. The largest absolute Gasteiger partial charge is 0.437 e. The molecule has 3 aromatic rings. The normalized spacial score (nSPS) is 11.6. The standard InChI is InChI=1S/C18H16Cl2N4O/c1-11-8-17(12(2)7-16(11)22-10-21)25-18-5-6-24(23-18)13-3-4-14(19)15(20)9-13/h3-10H,1-2H3,(H2,21,22). The van der Waals surface area contributed by atoms with Crippen LogP contribution in [0.5, 0.6) is 11.6 Å². The van der Waals surface area contributed by atoms with E-state index in [-0.39, 0.29) is 0 Å². The van der Waals surface area contributed by atoms with E-state index >= 15 is 0 Å². The summed E-state index contributed by atoms with van der Waals surface area (Å²) in [7, 11) is 0. The molecule has 0 atom stereocenters. The number of nitrogens with zero attached hydrogens (tertiary/aromatic N) is 2. The average Bonchev–Trinajstić information content (AvgIpc) is 3.07. The van der Waals surface area contributed by atoms with Gasteiger partial charge >= 0.3 is 0 Å². The van der Waals surface area contributed by atoms with Gasteiger partial charge < -0.3 is 10.1 Å². The van der Waals surface area contributed by atoms with Crippen LogP contribution in [0.15, 0.2) is 42.6 Å². The van der Waals surface area contributed by atoms with E-state index in [0.717, 1.165) is 22.5 Å². The van der Waals surface area contributed by atoms with Gasteiger partial charge in [0.05, 0.1) is 22.1 Å². The van der Waals surface area contributed by atoms with Gasteiger partial charge in [-0.25, -0.2) is 4.68 Å². The molecule has 0 amide bonds. The Morgan fingerprint density at radius 2 is 2.00 bits per heavy atom. The molecule has 0 aliphatic carbocycles. The Bertz CT molecular complexity index is 972. The molecule has 0 bridgehead atoms. The summed E-state index contributed by atoms with van der Waals surface area (Å²) in [4.78, 5) is 0. The highest BCUT2D eigenvalue weighted by Crippen LogP contribution is 2.30. The third-order valence-electron chi connectivity index (χ3n) is 3.69. The van der Waals surface area contributed by atoms with Gasteiger partial charge in [0, 0.05) is 18.0 Å². The first kappa shape index (κ1) is 16.0. The fourth-order valence-corrected chi connectivity index (χ4v) is 2.66. The average molecular weight is 375 g/mol. The monoisotopic (exact) mass is 374 g/mol. The molecule has 25 heavy (non-hydrogen) atoms. The fraction of sp³-hybridized carbons (Fsp3) is 0.111. The van der Waals surface area contributed by atoms with E-state index in [9.17, 15) is 0 Å². The molecule has 2 aromatic carbocycles. The molecule has 0 fully saturated rings. The van der Waals surface area contributed by atoms with E-state index in [1.54, 1.807) is 29.1 Å². The molecule has 0 spiro atoms. The van der Waals surface area contributed by atoms with Crippen LogP contribution in [0.1, 0.15) is 11.1 Å². The van der Waals surface area contributed by atoms with Crippen molar-refractivity contribution in [2.24, 2.45) is 0 Å². The van der Waals surface area contributed by atoms with E-state index in [2.05, 4.69) is 15.8 Å². The lowest BCUT2D eigenvalue weighted by Crippen LogP contribution is -1.99. The number of anilines is 1. The Balaban J connectivity index is 1.83. The quantitative estimate of drug-likeness (QED) is 0.450. The minimum atomic E-state index is 0.465. The van der Waals surface area contributed by atoms with Gasteiger partial charge in [0.15, 0.2) is 1.41 Å². The van der Waals surface area contributed by atoms with Gasteiger partial charge in [-0.15, -0.1) is 5.10 Å². The van der Waals surface area contributed by atoms with Gasteiger partial charge in [-0.2, -0.15) is 0 Å². The third kappa shape index (κ3) is 3.78. The Kier molecular flexibility index (Phi) is 4.59. The minimum absolute atomic E-state index is 0.465. The Labute approximate surface area is 157 Å². The maximum atomic E-state index is 6.82. The van der Waals surface area contributed by atoms with E-state index in [0.29, 0.717) is 21.7 Å². The van der Waals surface area contributed by atoms with Gasteiger partial charge in [0.1, 0.15) is 5.75 Å². The molecule has 0 radical (unpaired) electrons. The molecule has 5 nitrogen and oxygen atoms in total. The molecule has 0 aliphatic rings. The summed E-state index contributed by atoms with van der Waals surface area (Å²) in [6.45, 7) is 3.88. The van der Waals surface area contributed by atoms with Crippen molar-refractivity contribution in [3.63, 3.8) is 0 Å². The molecule has 0 saturated heterocycles. The molecule has 1 aromatic heterocycles. The summed E-state index contributed by atoms with van der Waals surface area (Å²) >= 11 is 12.0. The summed E-state index contributed by atoms with van der Waals surface area (Å²) in [5.41, 5.74) is 3.55. The number of benzene rings is 2. The Morgan fingerprint density at radius 3 is 2.76 bits per heavy atom. The van der Waals surface area contributed by atoms with Gasteiger partial charge in [0.25, 0.3) is 0 Å². The number of hydrogen-bond acceptors (Lipinski definition) is 3. The number of hydrogen-bond donors (Lipinski definition) is 2. The molecule has 0 aliphatic heterocycles. The molecule has 0 saturated carbocycles. The predicted molar refractivity (Wildman–Crippen MR) is 102 cm³/mol. The highest BCUT2D eigenvalue weighted by molar-refractivity contribution is 6.42. The van der Waals surface area contributed by atoms with E-state index in [4.69, 9.17) is 29.4 Å². The van der Waals surface area contributed by atoms with Crippen LogP contribution in [0.25, 0.3) is 5.69 Å². The van der Waals surface area contributed by atoms with Crippen LogP contribution in [0.2, 0.25) is 11.5 Å². The van der Waals surface area contributed by atoms with E-state index in [1.807, 2.05) is 32.0 Å². The molecule has 2 N–H and O–H groups in total. The van der Waals surface area contributed by atoms with Crippen molar-refractivity contribution in [2.45, 2.75) is 13.8 Å². The lowest BCUT2D eigenvalue weighted by Gasteiger charge is -2.11. The first-order valence-corrected chi connectivity index (χ1v) is 8.26. The molecule has 128 valence electrons. The van der Waals surface area contributed by atoms with Crippen LogP contribution in [0.3, 0.4) is 0 Å². The van der Waals surface area contributed by atoms with Crippen molar-refractivity contribution in [2.75, 3.05) is 5.32 Å². The van der Waals surface area contributed by atoms with Crippen LogP contribution in [-0.4, -0.2) is 16.1 Å². The second kappa shape index (κ2) is 7.17. The lowest BCUT2D eigenvalue weighted by molar-refractivity contribution is 0.454. The summed E-state index contributed by atoms with van der Waals surface area (Å²) in [6, 6.07) is 10.9. The van der Waals surface area contributed by atoms with Gasteiger partial charge in [-0.3, -0.25) is 5.40 Å². The van der Waals surface area contributed by atoms with Crippen LogP contribution in [-0.2, 0) is 0 Å². The highest BCUT2D eigenvalue weighted by Gasteiger charge is 2.09. The zero-order valence-electron chi connectivity index (χ0n) is 14.6. The molecular formula is C18H16Cl2N4O. The van der Waals surface area contributed by atoms with Gasteiger partial charge in [-0.05, 0) is 55.3 Å². The Hall–Kier alpha value is -2.50. The van der Waals surface area contributed by atoms with Gasteiger partial charge in [-0.1, -0.05) is 23.2 Å². The predicted octanol–water partition coefficient (Wildman–Crippen LogP) is 5.61. The van der Waals surface area contributed by atoms with Crippen molar-refractivity contribution in [1.82, 2.24) is 9.78 Å². The third-order valence-corrected chi connectivity index (χ3v) is 4.43. The second-order valence-electron chi connectivity index (χ2n) is 5.51. The maximum Gasteiger partial charge on any atom is 0.238 e. The van der Waals surface area contributed by atoms with E-state index in [1.165, 1.54) is 6.34 Å². The van der Waals surface area contributed by atoms with Crippen LogP contribution in [0, 0.1) is 19.2 Å². The molecule has 3 rings (SSSR count). The van der Waals surface area contributed by atoms with Crippen LogP contribution < -0.4 is 10.1 Å². The topological polar surface area (TPSA) is 62.9 Å². The number of ether oxygens (including phenoxy) is 1. The zero-order valence-corrected chi connectivity index (χ0v) is 15.1. The van der Waals surface area contributed by atoms with Gasteiger partial charge in [0.2, 0.25) is 5.88 Å². The van der Waals surface area contributed by atoms with Crippen molar-refractivity contribution >= 4 is 35.2 Å². The van der Waals surface area contributed by atoms with Crippen molar-refractivity contribution < 1.29 is 6.15 Å². The smallest absolute Gasteiger partial charge is 0.238 e. The Morgan fingerprint density at radius 1 is 1.16 bits per heavy atom. The molecule has 7 heteroatoms. The van der Waals surface area contributed by atoms with Crippen molar-refractivity contribution in [3.05, 3.63) is 63.8 Å². The lowest BCUT2D eigenvalue weighted by atomic mass is 10.1. The summed E-state index contributed by atoms with van der Waals surface area (Å²) in [5, 5.41) is 11.5. The highest BCUT2D eigenvalue weighted by atomic mass is 35.5. The van der Waals surface area contributed by atoms with E-state index < -0.39 is 0 Å². The minimum Gasteiger partial charge on any atom is -0.437 e. The van der Waals surface area contributed by atoms with Crippen LogP contribution in [0.4, 0.5) is 5.69 Å². The zero-order chi connectivity index (χ0) is 18.7. The van der Waals surface area contributed by atoms with Crippen LogP contribution >= 0.6 is 23.2 Å².